The fraction of sp³-hybridized carbons (Fsp3) is 0.857. The largest absolute Gasteiger partial charge is 0.480 e. The Hall–Kier alpha value is -1.30. The summed E-state index contributed by atoms with van der Waals surface area (Å²) in [4.78, 5) is 23.7. The van der Waals surface area contributed by atoms with Crippen molar-refractivity contribution in [2.75, 3.05) is 6.61 Å². The molecular formula is C14H24N2O4. The van der Waals surface area contributed by atoms with Crippen LogP contribution in [0, 0.1) is 0 Å². The molecule has 2 atom stereocenters. The maximum atomic E-state index is 12.2. The number of ether oxygens (including phenoxy) is 1. The zero-order chi connectivity index (χ0) is 14.8. The molecular weight excluding hydrogens is 260 g/mol. The van der Waals surface area contributed by atoms with Crippen molar-refractivity contribution in [1.82, 2.24) is 10.6 Å². The number of amides is 2. The lowest BCUT2D eigenvalue weighted by molar-refractivity contribution is -0.145. The maximum Gasteiger partial charge on any atom is 0.329 e. The molecule has 3 N–H and O–H groups in total. The minimum atomic E-state index is -1.11. The van der Waals surface area contributed by atoms with E-state index in [-0.39, 0.29) is 6.10 Å². The molecule has 0 bridgehead atoms. The van der Waals surface area contributed by atoms with E-state index in [1.54, 1.807) is 0 Å². The second-order valence-electron chi connectivity index (χ2n) is 6.21. The Bertz CT molecular complexity index is 393. The van der Waals surface area contributed by atoms with Crippen LogP contribution in [-0.4, -0.2) is 40.9 Å². The molecule has 1 saturated carbocycles. The molecule has 1 heterocycles. The summed E-state index contributed by atoms with van der Waals surface area (Å²) in [5, 5.41) is 15.0. The number of urea groups is 1. The van der Waals surface area contributed by atoms with Gasteiger partial charge in [-0.3, -0.25) is 0 Å². The standard InChI is InChI=1S/C14H24N2O4/c1-10-13(2,8-9-20-10)15-12(19)16-14(11(17)18)6-4-3-5-7-14/h10H,3-9H2,1-2H3,(H,17,18)(H2,15,16,19). The lowest BCUT2D eigenvalue weighted by Crippen LogP contribution is -2.62. The highest BCUT2D eigenvalue weighted by Crippen LogP contribution is 2.29. The monoisotopic (exact) mass is 284 g/mol. The summed E-state index contributed by atoms with van der Waals surface area (Å²) >= 11 is 0. The highest BCUT2D eigenvalue weighted by atomic mass is 16.5. The number of hydrogen-bond acceptors (Lipinski definition) is 3. The Morgan fingerprint density at radius 3 is 2.30 bits per heavy atom. The van der Waals surface area contributed by atoms with Crippen LogP contribution in [0.15, 0.2) is 0 Å². The Morgan fingerprint density at radius 2 is 1.80 bits per heavy atom. The van der Waals surface area contributed by atoms with Gasteiger partial charge in [-0.25, -0.2) is 9.59 Å². The second-order valence-corrected chi connectivity index (χ2v) is 6.21. The van der Waals surface area contributed by atoms with Gasteiger partial charge in [0.25, 0.3) is 0 Å². The zero-order valence-corrected chi connectivity index (χ0v) is 12.2. The maximum absolute atomic E-state index is 12.2. The van der Waals surface area contributed by atoms with Crippen molar-refractivity contribution in [1.29, 1.82) is 0 Å². The quantitative estimate of drug-likeness (QED) is 0.735. The van der Waals surface area contributed by atoms with Crippen molar-refractivity contribution in [2.24, 2.45) is 0 Å². The van der Waals surface area contributed by atoms with E-state index in [2.05, 4.69) is 10.6 Å². The van der Waals surface area contributed by atoms with Crippen LogP contribution in [0.4, 0.5) is 4.79 Å². The van der Waals surface area contributed by atoms with E-state index in [4.69, 9.17) is 4.74 Å². The minimum absolute atomic E-state index is 0.0691. The first-order chi connectivity index (χ1) is 9.38. The van der Waals surface area contributed by atoms with Crippen molar-refractivity contribution in [3.05, 3.63) is 0 Å². The number of nitrogens with one attached hydrogen (secondary N) is 2. The smallest absolute Gasteiger partial charge is 0.329 e. The van der Waals surface area contributed by atoms with Gasteiger partial charge >= 0.3 is 12.0 Å². The molecule has 0 aromatic carbocycles. The Balaban J connectivity index is 2.00. The van der Waals surface area contributed by atoms with Gasteiger partial charge in [0.2, 0.25) is 0 Å². The molecule has 2 rings (SSSR count). The molecule has 0 aromatic heterocycles. The summed E-state index contributed by atoms with van der Waals surface area (Å²) in [5.41, 5.74) is -1.54. The lowest BCUT2D eigenvalue weighted by Gasteiger charge is -2.36. The number of rotatable bonds is 3. The molecule has 2 aliphatic rings. The summed E-state index contributed by atoms with van der Waals surface area (Å²) in [6.07, 6.45) is 4.37. The van der Waals surface area contributed by atoms with Gasteiger partial charge in [-0.1, -0.05) is 19.3 Å². The Morgan fingerprint density at radius 1 is 1.15 bits per heavy atom. The average Bonchev–Trinajstić information content (AvgIpc) is 2.69. The molecule has 1 aliphatic carbocycles. The number of carboxylic acids is 1. The third-order valence-electron chi connectivity index (χ3n) is 4.75. The van der Waals surface area contributed by atoms with Crippen LogP contribution in [-0.2, 0) is 9.53 Å². The molecule has 20 heavy (non-hydrogen) atoms. The van der Waals surface area contributed by atoms with Crippen molar-refractivity contribution in [3.8, 4) is 0 Å². The van der Waals surface area contributed by atoms with Gasteiger partial charge in [0.1, 0.15) is 5.54 Å². The highest BCUT2D eigenvalue weighted by molar-refractivity contribution is 5.86. The van der Waals surface area contributed by atoms with Gasteiger partial charge < -0.3 is 20.5 Å². The molecule has 0 aromatic rings. The predicted octanol–water partition coefficient (Wildman–Crippen LogP) is 1.64. The number of hydrogen-bond donors (Lipinski definition) is 3. The van der Waals surface area contributed by atoms with Gasteiger partial charge in [0, 0.05) is 6.61 Å². The van der Waals surface area contributed by atoms with E-state index in [1.165, 1.54) is 0 Å². The first-order valence-electron chi connectivity index (χ1n) is 7.33. The minimum Gasteiger partial charge on any atom is -0.480 e. The SMILES string of the molecule is CC1OCCC1(C)NC(=O)NC1(C(=O)O)CCCCC1. The fourth-order valence-corrected chi connectivity index (χ4v) is 3.05. The molecule has 114 valence electrons. The molecule has 2 unspecified atom stereocenters. The van der Waals surface area contributed by atoms with Crippen LogP contribution in [0.25, 0.3) is 0 Å². The van der Waals surface area contributed by atoms with Crippen LogP contribution < -0.4 is 10.6 Å². The zero-order valence-electron chi connectivity index (χ0n) is 12.2. The summed E-state index contributed by atoms with van der Waals surface area (Å²) < 4.78 is 5.47. The molecule has 6 nitrogen and oxygen atoms in total. The number of carbonyl (C=O) groups excluding carboxylic acids is 1. The molecule has 0 spiro atoms. The van der Waals surface area contributed by atoms with E-state index in [9.17, 15) is 14.7 Å². The number of carbonyl (C=O) groups is 2. The normalized spacial score (nSPS) is 32.6. The summed E-state index contributed by atoms with van der Waals surface area (Å²) in [6, 6.07) is -0.408. The second kappa shape index (κ2) is 5.60. The topological polar surface area (TPSA) is 87.7 Å². The first kappa shape index (κ1) is 15.1. The molecule has 1 aliphatic heterocycles. The molecule has 0 radical (unpaired) electrons. The molecule has 6 heteroatoms. The first-order valence-corrected chi connectivity index (χ1v) is 7.33. The number of carboxylic acid groups (broad SMARTS) is 1. The van der Waals surface area contributed by atoms with E-state index in [1.807, 2.05) is 13.8 Å². The van der Waals surface area contributed by atoms with Crippen molar-refractivity contribution < 1.29 is 19.4 Å². The van der Waals surface area contributed by atoms with Crippen LogP contribution in [0.1, 0.15) is 52.4 Å². The Labute approximate surface area is 119 Å². The predicted molar refractivity (Wildman–Crippen MR) is 73.6 cm³/mol. The van der Waals surface area contributed by atoms with Crippen molar-refractivity contribution in [2.45, 2.75) is 69.6 Å². The van der Waals surface area contributed by atoms with Gasteiger partial charge in [-0.05, 0) is 33.1 Å². The van der Waals surface area contributed by atoms with Crippen molar-refractivity contribution in [3.63, 3.8) is 0 Å². The molecule has 1 saturated heterocycles. The van der Waals surface area contributed by atoms with E-state index >= 15 is 0 Å². The van der Waals surface area contributed by atoms with Crippen LogP contribution in [0.2, 0.25) is 0 Å². The number of aliphatic carboxylic acids is 1. The van der Waals surface area contributed by atoms with E-state index in [0.29, 0.717) is 19.4 Å². The van der Waals surface area contributed by atoms with Crippen LogP contribution in [0.5, 0.6) is 0 Å². The lowest BCUT2D eigenvalue weighted by atomic mass is 9.82. The molecule has 2 fully saturated rings. The van der Waals surface area contributed by atoms with Crippen LogP contribution in [0.3, 0.4) is 0 Å². The summed E-state index contributed by atoms with van der Waals surface area (Å²) in [7, 11) is 0. The van der Waals surface area contributed by atoms with Gasteiger partial charge in [0.15, 0.2) is 0 Å². The summed E-state index contributed by atoms with van der Waals surface area (Å²) in [5.74, 6) is -0.937. The van der Waals surface area contributed by atoms with Gasteiger partial charge in [-0.2, -0.15) is 0 Å². The van der Waals surface area contributed by atoms with E-state index in [0.717, 1.165) is 25.7 Å². The fourth-order valence-electron chi connectivity index (χ4n) is 3.05. The highest BCUT2D eigenvalue weighted by Gasteiger charge is 2.43. The van der Waals surface area contributed by atoms with Gasteiger partial charge in [-0.15, -0.1) is 0 Å². The van der Waals surface area contributed by atoms with E-state index < -0.39 is 23.1 Å². The van der Waals surface area contributed by atoms with Crippen LogP contribution >= 0.6 is 0 Å². The summed E-state index contributed by atoms with van der Waals surface area (Å²) in [6.45, 7) is 4.46. The molecule has 2 amide bonds. The third kappa shape index (κ3) is 2.90. The third-order valence-corrected chi connectivity index (χ3v) is 4.75. The van der Waals surface area contributed by atoms with Crippen molar-refractivity contribution >= 4 is 12.0 Å². The van der Waals surface area contributed by atoms with Gasteiger partial charge in [0.05, 0.1) is 11.6 Å². The Kier molecular flexibility index (Phi) is 4.22. The average molecular weight is 284 g/mol.